The van der Waals surface area contributed by atoms with Crippen molar-refractivity contribution in [1.29, 1.82) is 0 Å². The van der Waals surface area contributed by atoms with E-state index < -0.39 is 0 Å². The zero-order valence-corrected chi connectivity index (χ0v) is 11.1. The van der Waals surface area contributed by atoms with Crippen LogP contribution in [0.4, 0.5) is 0 Å². The van der Waals surface area contributed by atoms with Crippen molar-refractivity contribution in [3.63, 3.8) is 0 Å². The first-order valence-electron chi connectivity index (χ1n) is 5.33. The number of hydrogen-bond acceptors (Lipinski definition) is 1. The molecule has 0 heterocycles. The van der Waals surface area contributed by atoms with Crippen molar-refractivity contribution in [2.75, 3.05) is 0 Å². The summed E-state index contributed by atoms with van der Waals surface area (Å²) in [5.74, 6) is 0.285. The number of rotatable bonds is 3. The molecule has 0 amide bonds. The van der Waals surface area contributed by atoms with Crippen molar-refractivity contribution in [2.45, 2.75) is 18.7 Å². The van der Waals surface area contributed by atoms with Crippen LogP contribution in [0.2, 0.25) is 4.82 Å². The number of carbonyl (C=O) groups excluding carboxylic acids is 1. The van der Waals surface area contributed by atoms with Gasteiger partial charge in [-0.15, -0.1) is 0 Å². The molecule has 1 atom stereocenters. The molecular formula is C14H14OSe. The third-order valence-electron chi connectivity index (χ3n) is 2.61. The van der Waals surface area contributed by atoms with Gasteiger partial charge in [-0.25, -0.2) is 0 Å². The van der Waals surface area contributed by atoms with E-state index in [0.29, 0.717) is 0 Å². The van der Waals surface area contributed by atoms with Gasteiger partial charge >= 0.3 is 102 Å². The second kappa shape index (κ2) is 4.82. The van der Waals surface area contributed by atoms with Gasteiger partial charge in [0.25, 0.3) is 0 Å². The number of hydrogen-bond donors (Lipinski definition) is 0. The first kappa shape index (κ1) is 11.4. The minimum atomic E-state index is 0.175. The Morgan fingerprint density at radius 2 is 1.81 bits per heavy atom. The summed E-state index contributed by atoms with van der Waals surface area (Å²) in [5.41, 5.74) is 0. The molecule has 0 unspecified atom stereocenters. The Morgan fingerprint density at radius 1 is 1.12 bits per heavy atom. The Bertz CT molecular complexity index is 519. The molecule has 0 fully saturated rings. The van der Waals surface area contributed by atoms with Crippen molar-refractivity contribution >= 4 is 36.0 Å². The van der Waals surface area contributed by atoms with E-state index >= 15 is 0 Å². The Morgan fingerprint density at radius 3 is 2.50 bits per heavy atom. The molecular weight excluding hydrogens is 263 g/mol. The molecule has 2 heteroatoms. The summed E-state index contributed by atoms with van der Waals surface area (Å²) < 4.78 is 1.30. The second-order valence-corrected chi connectivity index (χ2v) is 6.85. The molecule has 0 saturated heterocycles. The Kier molecular flexibility index (Phi) is 3.42. The van der Waals surface area contributed by atoms with Crippen LogP contribution in [0.1, 0.15) is 13.8 Å². The topological polar surface area (TPSA) is 17.1 Å². The zero-order valence-electron chi connectivity index (χ0n) is 9.44. The Hall–Kier alpha value is -1.11. The van der Waals surface area contributed by atoms with Gasteiger partial charge < -0.3 is 0 Å². The molecule has 0 saturated carbocycles. The Labute approximate surface area is 102 Å². The Balaban J connectivity index is 2.29. The van der Waals surface area contributed by atoms with Crippen LogP contribution in [0.15, 0.2) is 42.5 Å². The van der Waals surface area contributed by atoms with Crippen LogP contribution in [0.3, 0.4) is 0 Å². The number of carbonyl (C=O) groups is 1. The van der Waals surface area contributed by atoms with Crippen molar-refractivity contribution in [1.82, 2.24) is 0 Å². The molecule has 82 valence electrons. The molecule has 16 heavy (non-hydrogen) atoms. The van der Waals surface area contributed by atoms with Crippen molar-refractivity contribution < 1.29 is 4.79 Å². The molecule has 2 aromatic rings. The fraction of sp³-hybridized carbons (Fsp3) is 0.214. The maximum atomic E-state index is 11.2. The average molecular weight is 277 g/mol. The summed E-state index contributed by atoms with van der Waals surface area (Å²) in [6.45, 7) is 3.69. The second-order valence-electron chi connectivity index (χ2n) is 3.88. The van der Waals surface area contributed by atoms with E-state index in [2.05, 4.69) is 30.3 Å². The summed E-state index contributed by atoms with van der Waals surface area (Å²) in [7, 11) is 0. The monoisotopic (exact) mass is 278 g/mol. The molecule has 0 N–H and O–H groups in total. The van der Waals surface area contributed by atoms with Gasteiger partial charge in [0.1, 0.15) is 0 Å². The third-order valence-corrected chi connectivity index (χ3v) is 5.15. The quantitative estimate of drug-likeness (QED) is 0.788. The van der Waals surface area contributed by atoms with Gasteiger partial charge in [0.05, 0.1) is 0 Å². The normalized spacial score (nSPS) is 12.6. The van der Waals surface area contributed by atoms with Crippen molar-refractivity contribution in [2.24, 2.45) is 0 Å². The number of ketones is 1. The van der Waals surface area contributed by atoms with Crippen LogP contribution < -0.4 is 4.46 Å². The molecule has 1 nitrogen and oxygen atoms in total. The van der Waals surface area contributed by atoms with Gasteiger partial charge in [-0.2, -0.15) is 0 Å². The molecule has 2 rings (SSSR count). The van der Waals surface area contributed by atoms with Gasteiger partial charge in [-0.05, 0) is 0 Å². The summed E-state index contributed by atoms with van der Waals surface area (Å²) in [5, 5.41) is 2.52. The van der Waals surface area contributed by atoms with Gasteiger partial charge in [0.15, 0.2) is 0 Å². The first-order chi connectivity index (χ1) is 7.66. The molecule has 0 bridgehead atoms. The molecule has 0 aromatic heterocycles. The molecule has 2 aromatic carbocycles. The number of Topliss-reactive ketones (excluding diaryl/α,β-unsaturated/α-hetero) is 1. The van der Waals surface area contributed by atoms with E-state index in [4.69, 9.17) is 0 Å². The van der Waals surface area contributed by atoms with E-state index in [9.17, 15) is 4.79 Å². The van der Waals surface area contributed by atoms with Crippen molar-refractivity contribution in [3.8, 4) is 0 Å². The van der Waals surface area contributed by atoms with Crippen LogP contribution in [0, 0.1) is 0 Å². The number of fused-ring (bicyclic) bond motifs is 1. The fourth-order valence-electron chi connectivity index (χ4n) is 1.53. The fourth-order valence-corrected chi connectivity index (χ4v) is 3.45. The van der Waals surface area contributed by atoms with E-state index in [1.165, 1.54) is 15.2 Å². The maximum absolute atomic E-state index is 11.2. The minimum absolute atomic E-state index is 0.175. The summed E-state index contributed by atoms with van der Waals surface area (Å²) in [6, 6.07) is 14.8. The van der Waals surface area contributed by atoms with Crippen LogP contribution in [0.25, 0.3) is 10.8 Å². The van der Waals surface area contributed by atoms with Gasteiger partial charge in [0.2, 0.25) is 0 Å². The van der Waals surface area contributed by atoms with Gasteiger partial charge in [-0.3, -0.25) is 0 Å². The van der Waals surface area contributed by atoms with E-state index in [1.54, 1.807) is 6.92 Å². The molecule has 0 aliphatic carbocycles. The van der Waals surface area contributed by atoms with Gasteiger partial charge in [0, 0.05) is 0 Å². The van der Waals surface area contributed by atoms with Crippen LogP contribution >= 0.6 is 0 Å². The summed E-state index contributed by atoms with van der Waals surface area (Å²) in [4.78, 5) is 11.4. The zero-order chi connectivity index (χ0) is 11.5. The van der Waals surface area contributed by atoms with Crippen LogP contribution in [-0.2, 0) is 4.79 Å². The van der Waals surface area contributed by atoms with E-state index in [0.717, 1.165) is 0 Å². The SMILES string of the molecule is CC(=O)[C@H](C)[Se]c1ccc2ccccc2c1. The van der Waals surface area contributed by atoms with Crippen LogP contribution in [0.5, 0.6) is 0 Å². The predicted octanol–water partition coefficient (Wildman–Crippen LogP) is 2.57. The molecule has 0 spiro atoms. The van der Waals surface area contributed by atoms with Gasteiger partial charge in [-0.1, -0.05) is 0 Å². The third kappa shape index (κ3) is 2.52. The first-order valence-corrected chi connectivity index (χ1v) is 7.17. The van der Waals surface area contributed by atoms with Crippen LogP contribution in [-0.4, -0.2) is 20.7 Å². The molecule has 0 aliphatic heterocycles. The van der Waals surface area contributed by atoms with E-state index in [1.807, 2.05) is 19.1 Å². The number of benzene rings is 2. The molecule has 0 radical (unpaired) electrons. The average Bonchev–Trinajstić information content (AvgIpc) is 2.28. The standard InChI is InChI=1S/C14H14OSe/c1-10(15)11(2)16-14-8-7-12-5-3-4-6-13(12)9-14/h3-9,11H,1-2H3/t11-/m0/s1. The predicted molar refractivity (Wildman–Crippen MR) is 69.4 cm³/mol. The summed E-state index contributed by atoms with van der Waals surface area (Å²) in [6.07, 6.45) is 0. The van der Waals surface area contributed by atoms with E-state index in [-0.39, 0.29) is 25.6 Å². The summed E-state index contributed by atoms with van der Waals surface area (Å²) >= 11 is 0.246. The van der Waals surface area contributed by atoms with Crippen molar-refractivity contribution in [3.05, 3.63) is 42.5 Å². The molecule has 0 aliphatic rings.